The van der Waals surface area contributed by atoms with Gasteiger partial charge in [0.1, 0.15) is 0 Å². The Morgan fingerprint density at radius 1 is 1.50 bits per heavy atom. The molecular formula is C13H24N2O. The molecule has 2 saturated carbocycles. The van der Waals surface area contributed by atoms with Gasteiger partial charge in [-0.25, -0.2) is 0 Å². The monoisotopic (exact) mass is 224 g/mol. The van der Waals surface area contributed by atoms with E-state index in [1.807, 2.05) is 0 Å². The van der Waals surface area contributed by atoms with Crippen molar-refractivity contribution in [2.24, 2.45) is 17.1 Å². The van der Waals surface area contributed by atoms with E-state index in [1.54, 1.807) is 0 Å². The Labute approximate surface area is 98.2 Å². The summed E-state index contributed by atoms with van der Waals surface area (Å²) in [6.45, 7) is 2.78. The fourth-order valence-corrected chi connectivity index (χ4v) is 2.71. The number of hydrogen-bond donors (Lipinski definition) is 2. The molecule has 1 amide bonds. The molecule has 0 bridgehead atoms. The first-order valence-corrected chi connectivity index (χ1v) is 6.63. The predicted octanol–water partition coefficient (Wildman–Crippen LogP) is 1.81. The van der Waals surface area contributed by atoms with E-state index in [4.69, 9.17) is 5.73 Å². The van der Waals surface area contributed by atoms with Gasteiger partial charge in [0.25, 0.3) is 0 Å². The first-order valence-electron chi connectivity index (χ1n) is 6.63. The van der Waals surface area contributed by atoms with Gasteiger partial charge in [-0.1, -0.05) is 19.3 Å². The standard InChI is InChI=1S/C13H24N2O/c1-10(7-11-3-4-11)15-12(16)8-13(9-14)5-2-6-13/h10-11H,2-9,14H2,1H3,(H,15,16). The topological polar surface area (TPSA) is 55.1 Å². The van der Waals surface area contributed by atoms with Crippen molar-refractivity contribution in [2.45, 2.75) is 57.9 Å². The molecule has 0 aromatic heterocycles. The molecule has 2 aliphatic rings. The summed E-state index contributed by atoms with van der Waals surface area (Å²) in [6.07, 6.45) is 8.00. The van der Waals surface area contributed by atoms with Crippen LogP contribution in [0.25, 0.3) is 0 Å². The van der Waals surface area contributed by atoms with E-state index in [0.29, 0.717) is 19.0 Å². The van der Waals surface area contributed by atoms with Crippen LogP contribution < -0.4 is 11.1 Å². The quantitative estimate of drug-likeness (QED) is 0.723. The van der Waals surface area contributed by atoms with Crippen LogP contribution in [0.1, 0.15) is 51.9 Å². The Bertz CT molecular complexity index is 251. The van der Waals surface area contributed by atoms with Crippen LogP contribution in [0.2, 0.25) is 0 Å². The predicted molar refractivity (Wildman–Crippen MR) is 64.9 cm³/mol. The molecule has 2 fully saturated rings. The lowest BCUT2D eigenvalue weighted by molar-refractivity contribution is -0.125. The minimum Gasteiger partial charge on any atom is -0.354 e. The maximum Gasteiger partial charge on any atom is 0.220 e. The van der Waals surface area contributed by atoms with Crippen LogP contribution in [0.15, 0.2) is 0 Å². The lowest BCUT2D eigenvalue weighted by Gasteiger charge is -2.40. The van der Waals surface area contributed by atoms with Gasteiger partial charge in [-0.2, -0.15) is 0 Å². The number of amides is 1. The van der Waals surface area contributed by atoms with E-state index in [1.165, 1.54) is 19.3 Å². The lowest BCUT2D eigenvalue weighted by Crippen LogP contribution is -2.43. The Hall–Kier alpha value is -0.570. The zero-order valence-electron chi connectivity index (χ0n) is 10.3. The molecule has 1 unspecified atom stereocenters. The molecule has 0 aromatic carbocycles. The zero-order valence-corrected chi connectivity index (χ0v) is 10.3. The summed E-state index contributed by atoms with van der Waals surface area (Å²) in [5.74, 6) is 1.08. The van der Waals surface area contributed by atoms with Crippen molar-refractivity contribution in [3.63, 3.8) is 0 Å². The molecule has 0 spiro atoms. The van der Waals surface area contributed by atoms with Gasteiger partial charge in [0, 0.05) is 12.5 Å². The number of hydrogen-bond acceptors (Lipinski definition) is 2. The number of nitrogens with one attached hydrogen (secondary N) is 1. The highest BCUT2D eigenvalue weighted by Crippen LogP contribution is 2.42. The van der Waals surface area contributed by atoms with Crippen LogP contribution in [0.5, 0.6) is 0 Å². The summed E-state index contributed by atoms with van der Waals surface area (Å²) >= 11 is 0. The third kappa shape index (κ3) is 2.97. The number of rotatable bonds is 6. The van der Waals surface area contributed by atoms with Crippen LogP contribution in [0.3, 0.4) is 0 Å². The maximum atomic E-state index is 11.9. The van der Waals surface area contributed by atoms with Crippen molar-refractivity contribution in [1.82, 2.24) is 5.32 Å². The highest BCUT2D eigenvalue weighted by molar-refractivity contribution is 5.77. The molecule has 0 aromatic rings. The third-order valence-electron chi connectivity index (χ3n) is 4.17. The zero-order chi connectivity index (χ0) is 11.6. The average molecular weight is 224 g/mol. The smallest absolute Gasteiger partial charge is 0.220 e. The van der Waals surface area contributed by atoms with Crippen LogP contribution in [0.4, 0.5) is 0 Å². The second kappa shape index (κ2) is 4.74. The number of nitrogens with two attached hydrogens (primary N) is 1. The SMILES string of the molecule is CC(CC1CC1)NC(=O)CC1(CN)CCC1. The molecule has 0 radical (unpaired) electrons. The van der Waals surface area contributed by atoms with E-state index in [0.717, 1.165) is 25.2 Å². The summed E-state index contributed by atoms with van der Waals surface area (Å²) in [5, 5.41) is 3.11. The Morgan fingerprint density at radius 3 is 2.62 bits per heavy atom. The van der Waals surface area contributed by atoms with Gasteiger partial charge in [-0.3, -0.25) is 4.79 Å². The summed E-state index contributed by atoms with van der Waals surface area (Å²) in [7, 11) is 0. The molecule has 0 saturated heterocycles. The molecule has 0 aliphatic heterocycles. The van der Waals surface area contributed by atoms with Crippen molar-refractivity contribution in [2.75, 3.05) is 6.54 Å². The molecule has 3 heteroatoms. The van der Waals surface area contributed by atoms with Gasteiger partial charge < -0.3 is 11.1 Å². The normalized spacial score (nSPS) is 24.6. The van der Waals surface area contributed by atoms with E-state index in [2.05, 4.69) is 12.2 Å². The summed E-state index contributed by atoms with van der Waals surface area (Å²) in [4.78, 5) is 11.9. The second-order valence-electron chi connectivity index (χ2n) is 5.88. The molecule has 2 rings (SSSR count). The van der Waals surface area contributed by atoms with E-state index in [-0.39, 0.29) is 11.3 Å². The minimum absolute atomic E-state index is 0.142. The number of carbonyl (C=O) groups is 1. The molecular weight excluding hydrogens is 200 g/mol. The van der Waals surface area contributed by atoms with Gasteiger partial charge >= 0.3 is 0 Å². The molecule has 2 aliphatic carbocycles. The number of carbonyl (C=O) groups excluding carboxylic acids is 1. The molecule has 92 valence electrons. The molecule has 1 atom stereocenters. The van der Waals surface area contributed by atoms with Crippen molar-refractivity contribution in [1.29, 1.82) is 0 Å². The van der Waals surface area contributed by atoms with Gasteiger partial charge in [0.15, 0.2) is 0 Å². The van der Waals surface area contributed by atoms with Gasteiger partial charge in [0.2, 0.25) is 5.91 Å². The maximum absolute atomic E-state index is 11.9. The molecule has 3 nitrogen and oxygen atoms in total. The lowest BCUT2D eigenvalue weighted by atomic mass is 9.66. The van der Waals surface area contributed by atoms with Crippen LogP contribution in [-0.2, 0) is 4.79 Å². The molecule has 16 heavy (non-hydrogen) atoms. The fourth-order valence-electron chi connectivity index (χ4n) is 2.71. The third-order valence-corrected chi connectivity index (χ3v) is 4.17. The first kappa shape index (κ1) is 11.9. The van der Waals surface area contributed by atoms with Crippen molar-refractivity contribution >= 4 is 5.91 Å². The first-order chi connectivity index (χ1) is 7.63. The van der Waals surface area contributed by atoms with E-state index < -0.39 is 0 Å². The Morgan fingerprint density at radius 2 is 2.19 bits per heavy atom. The second-order valence-corrected chi connectivity index (χ2v) is 5.88. The highest BCUT2D eigenvalue weighted by atomic mass is 16.1. The van der Waals surface area contributed by atoms with Crippen molar-refractivity contribution in [3.05, 3.63) is 0 Å². The van der Waals surface area contributed by atoms with Crippen LogP contribution in [-0.4, -0.2) is 18.5 Å². The largest absolute Gasteiger partial charge is 0.354 e. The fraction of sp³-hybridized carbons (Fsp3) is 0.923. The minimum atomic E-state index is 0.142. The van der Waals surface area contributed by atoms with Crippen molar-refractivity contribution in [3.8, 4) is 0 Å². The van der Waals surface area contributed by atoms with E-state index in [9.17, 15) is 4.79 Å². The van der Waals surface area contributed by atoms with Crippen molar-refractivity contribution < 1.29 is 4.79 Å². The molecule has 3 N–H and O–H groups in total. The van der Waals surface area contributed by atoms with Gasteiger partial charge in [-0.15, -0.1) is 0 Å². The van der Waals surface area contributed by atoms with E-state index >= 15 is 0 Å². The summed E-state index contributed by atoms with van der Waals surface area (Å²) in [5.41, 5.74) is 5.90. The summed E-state index contributed by atoms with van der Waals surface area (Å²) in [6, 6.07) is 0.343. The van der Waals surface area contributed by atoms with Gasteiger partial charge in [-0.05, 0) is 44.1 Å². The Kier molecular flexibility index (Phi) is 3.53. The highest BCUT2D eigenvalue weighted by Gasteiger charge is 2.37. The average Bonchev–Trinajstić information content (AvgIpc) is 2.94. The van der Waals surface area contributed by atoms with Crippen LogP contribution in [0, 0.1) is 11.3 Å². The van der Waals surface area contributed by atoms with Gasteiger partial charge in [0.05, 0.1) is 0 Å². The summed E-state index contributed by atoms with van der Waals surface area (Å²) < 4.78 is 0. The molecule has 0 heterocycles. The Balaban J connectivity index is 1.70. The van der Waals surface area contributed by atoms with Crippen LogP contribution >= 0.6 is 0 Å².